The zero-order valence-corrected chi connectivity index (χ0v) is 8.32. The first-order valence-electron chi connectivity index (χ1n) is 4.40. The zero-order valence-electron chi connectivity index (χ0n) is 7.57. The lowest BCUT2D eigenvalue weighted by Gasteiger charge is -1.91. The van der Waals surface area contributed by atoms with Gasteiger partial charge in [0, 0.05) is 6.20 Å². The molecule has 0 aliphatic heterocycles. The summed E-state index contributed by atoms with van der Waals surface area (Å²) in [4.78, 5) is 18.1. The van der Waals surface area contributed by atoms with Crippen molar-refractivity contribution in [3.8, 4) is 0 Å². The van der Waals surface area contributed by atoms with Gasteiger partial charge in [0.25, 0.3) is 0 Å². The Labute approximate surface area is 89.5 Å². The SMILES string of the molecule is O=Cc1c(Cl)[nH]c2c1nc1ccccn12. The van der Waals surface area contributed by atoms with Crippen LogP contribution in [0.1, 0.15) is 10.4 Å². The number of hydrogen-bond donors (Lipinski definition) is 1. The van der Waals surface area contributed by atoms with E-state index in [9.17, 15) is 4.79 Å². The summed E-state index contributed by atoms with van der Waals surface area (Å²) in [7, 11) is 0. The summed E-state index contributed by atoms with van der Waals surface area (Å²) in [5, 5.41) is 0.334. The average Bonchev–Trinajstić information content (AvgIpc) is 2.72. The number of aldehydes is 1. The lowest BCUT2D eigenvalue weighted by Crippen LogP contribution is -1.83. The summed E-state index contributed by atoms with van der Waals surface area (Å²) >= 11 is 5.87. The van der Waals surface area contributed by atoms with Crippen LogP contribution in [0, 0.1) is 0 Å². The lowest BCUT2D eigenvalue weighted by molar-refractivity contribution is 0.112. The van der Waals surface area contributed by atoms with Gasteiger partial charge in [0.05, 0.1) is 5.56 Å². The standard InChI is InChI=1S/C10H6ClN3O/c11-9-6(5-15)8-10(13-9)14-4-2-1-3-7(14)12-8/h1-5,13H. The van der Waals surface area contributed by atoms with Crippen molar-refractivity contribution in [2.24, 2.45) is 0 Å². The maximum Gasteiger partial charge on any atom is 0.155 e. The number of carbonyl (C=O) groups is 1. The van der Waals surface area contributed by atoms with E-state index >= 15 is 0 Å². The van der Waals surface area contributed by atoms with E-state index in [0.29, 0.717) is 22.5 Å². The number of pyridine rings is 1. The molecule has 0 saturated carbocycles. The zero-order chi connectivity index (χ0) is 10.4. The molecule has 0 bridgehead atoms. The monoisotopic (exact) mass is 219 g/mol. The van der Waals surface area contributed by atoms with E-state index in [1.54, 1.807) is 0 Å². The van der Waals surface area contributed by atoms with Crippen LogP contribution in [0.2, 0.25) is 5.15 Å². The third kappa shape index (κ3) is 1.02. The van der Waals surface area contributed by atoms with Crippen molar-refractivity contribution in [2.75, 3.05) is 0 Å². The highest BCUT2D eigenvalue weighted by atomic mass is 35.5. The number of hydrogen-bond acceptors (Lipinski definition) is 2. The average molecular weight is 220 g/mol. The van der Waals surface area contributed by atoms with E-state index in [1.165, 1.54) is 0 Å². The minimum Gasteiger partial charge on any atom is -0.329 e. The Hall–Kier alpha value is -1.81. The number of imidazole rings is 1. The fourth-order valence-electron chi connectivity index (χ4n) is 1.69. The molecular weight excluding hydrogens is 214 g/mol. The number of aromatic nitrogens is 3. The van der Waals surface area contributed by atoms with Crippen molar-refractivity contribution in [1.29, 1.82) is 0 Å². The van der Waals surface area contributed by atoms with Gasteiger partial charge in [0.15, 0.2) is 6.29 Å². The van der Waals surface area contributed by atoms with Gasteiger partial charge in [0.2, 0.25) is 0 Å². The van der Waals surface area contributed by atoms with Crippen LogP contribution >= 0.6 is 11.6 Å². The molecule has 0 atom stereocenters. The number of fused-ring (bicyclic) bond motifs is 3. The Kier molecular flexibility index (Phi) is 1.61. The normalized spacial score (nSPS) is 11.3. The highest BCUT2D eigenvalue weighted by Crippen LogP contribution is 2.24. The van der Waals surface area contributed by atoms with Gasteiger partial charge in [-0.3, -0.25) is 9.20 Å². The van der Waals surface area contributed by atoms with Crippen molar-refractivity contribution in [3.05, 3.63) is 35.1 Å². The molecule has 0 aliphatic rings. The van der Waals surface area contributed by atoms with Crippen molar-refractivity contribution < 1.29 is 4.79 Å². The van der Waals surface area contributed by atoms with Crippen LogP contribution in [0.15, 0.2) is 24.4 Å². The molecular formula is C10H6ClN3O. The third-order valence-corrected chi connectivity index (χ3v) is 2.67. The molecule has 0 amide bonds. The Morgan fingerprint density at radius 2 is 2.33 bits per heavy atom. The van der Waals surface area contributed by atoms with Crippen LogP contribution in [0.25, 0.3) is 16.8 Å². The van der Waals surface area contributed by atoms with Crippen molar-refractivity contribution in [3.63, 3.8) is 0 Å². The molecule has 0 unspecified atom stereocenters. The second-order valence-electron chi connectivity index (χ2n) is 3.21. The molecule has 3 aromatic rings. The van der Waals surface area contributed by atoms with Crippen LogP contribution in [0.5, 0.6) is 0 Å². The van der Waals surface area contributed by atoms with Gasteiger partial charge < -0.3 is 4.98 Å². The number of H-pyrrole nitrogens is 1. The topological polar surface area (TPSA) is 50.2 Å². The fraction of sp³-hybridized carbons (Fsp3) is 0. The Bertz CT molecular complexity index is 668. The Morgan fingerprint density at radius 1 is 1.47 bits per heavy atom. The number of rotatable bonds is 1. The van der Waals surface area contributed by atoms with E-state index < -0.39 is 0 Å². The number of aromatic amines is 1. The summed E-state index contributed by atoms with van der Waals surface area (Å²) in [6.45, 7) is 0. The van der Waals surface area contributed by atoms with Crippen LogP contribution in [0.3, 0.4) is 0 Å². The highest BCUT2D eigenvalue weighted by molar-refractivity contribution is 6.33. The van der Waals surface area contributed by atoms with E-state index in [4.69, 9.17) is 11.6 Å². The molecule has 74 valence electrons. The quantitative estimate of drug-likeness (QED) is 0.639. The van der Waals surface area contributed by atoms with Crippen molar-refractivity contribution >= 4 is 34.7 Å². The van der Waals surface area contributed by atoms with Gasteiger partial charge in [-0.25, -0.2) is 4.98 Å². The minimum absolute atomic E-state index is 0.334. The molecule has 0 aliphatic carbocycles. The molecule has 3 heterocycles. The molecule has 15 heavy (non-hydrogen) atoms. The maximum absolute atomic E-state index is 10.8. The number of carbonyl (C=O) groups excluding carboxylic acids is 1. The summed E-state index contributed by atoms with van der Waals surface area (Å²) in [6.07, 6.45) is 2.58. The Balaban J connectivity index is 2.57. The highest BCUT2D eigenvalue weighted by Gasteiger charge is 2.14. The smallest absolute Gasteiger partial charge is 0.155 e. The van der Waals surface area contributed by atoms with Gasteiger partial charge >= 0.3 is 0 Å². The van der Waals surface area contributed by atoms with Crippen molar-refractivity contribution in [1.82, 2.24) is 14.4 Å². The fourth-order valence-corrected chi connectivity index (χ4v) is 1.91. The first-order chi connectivity index (χ1) is 7.31. The molecule has 3 rings (SSSR count). The molecule has 0 saturated heterocycles. The van der Waals surface area contributed by atoms with Crippen LogP contribution in [-0.2, 0) is 0 Å². The molecule has 3 aromatic heterocycles. The minimum atomic E-state index is 0.334. The van der Waals surface area contributed by atoms with E-state index in [0.717, 1.165) is 11.3 Å². The summed E-state index contributed by atoms with van der Waals surface area (Å²) in [5.74, 6) is 0. The molecule has 5 heteroatoms. The molecule has 0 spiro atoms. The molecule has 0 radical (unpaired) electrons. The van der Waals surface area contributed by atoms with E-state index in [2.05, 4.69) is 9.97 Å². The van der Waals surface area contributed by atoms with E-state index in [-0.39, 0.29) is 0 Å². The predicted molar refractivity (Wildman–Crippen MR) is 57.4 cm³/mol. The lowest BCUT2D eigenvalue weighted by atomic mass is 10.3. The van der Waals surface area contributed by atoms with Crippen molar-refractivity contribution in [2.45, 2.75) is 0 Å². The predicted octanol–water partition coefficient (Wildman–Crippen LogP) is 2.28. The second kappa shape index (κ2) is 2.84. The van der Waals surface area contributed by atoms with Crippen LogP contribution in [0.4, 0.5) is 0 Å². The summed E-state index contributed by atoms with van der Waals surface area (Å²) < 4.78 is 1.86. The van der Waals surface area contributed by atoms with Gasteiger partial charge in [-0.15, -0.1) is 0 Å². The van der Waals surface area contributed by atoms with Gasteiger partial charge in [-0.05, 0) is 12.1 Å². The summed E-state index contributed by atoms with van der Waals surface area (Å²) in [6, 6.07) is 5.66. The number of halogens is 1. The Morgan fingerprint density at radius 3 is 3.13 bits per heavy atom. The first-order valence-corrected chi connectivity index (χ1v) is 4.78. The number of nitrogens with zero attached hydrogens (tertiary/aromatic N) is 2. The molecule has 4 nitrogen and oxygen atoms in total. The van der Waals surface area contributed by atoms with Crippen LogP contribution < -0.4 is 0 Å². The van der Waals surface area contributed by atoms with Gasteiger partial charge in [-0.2, -0.15) is 0 Å². The first kappa shape index (κ1) is 8.49. The largest absolute Gasteiger partial charge is 0.329 e. The second-order valence-corrected chi connectivity index (χ2v) is 3.59. The maximum atomic E-state index is 10.8. The van der Waals surface area contributed by atoms with Gasteiger partial charge in [0.1, 0.15) is 22.0 Å². The van der Waals surface area contributed by atoms with Gasteiger partial charge in [-0.1, -0.05) is 17.7 Å². The summed E-state index contributed by atoms with van der Waals surface area (Å²) in [5.41, 5.74) is 2.56. The molecule has 0 aromatic carbocycles. The third-order valence-electron chi connectivity index (χ3n) is 2.37. The number of nitrogens with one attached hydrogen (secondary N) is 1. The van der Waals surface area contributed by atoms with Crippen LogP contribution in [-0.4, -0.2) is 20.7 Å². The molecule has 1 N–H and O–H groups in total. The van der Waals surface area contributed by atoms with E-state index in [1.807, 2.05) is 28.8 Å². The molecule has 0 fully saturated rings.